The number of rotatable bonds is 5. The first kappa shape index (κ1) is 20.7. The van der Waals surface area contributed by atoms with E-state index in [-0.39, 0.29) is 29.5 Å². The van der Waals surface area contributed by atoms with Crippen LogP contribution in [0.3, 0.4) is 0 Å². The zero-order valence-electron chi connectivity index (χ0n) is 16.7. The van der Waals surface area contributed by atoms with Crippen LogP contribution in [0.25, 0.3) is 6.08 Å². The van der Waals surface area contributed by atoms with Gasteiger partial charge in [-0.25, -0.2) is 9.69 Å². The molecule has 1 saturated heterocycles. The monoisotopic (exact) mass is 441 g/mol. The minimum absolute atomic E-state index is 0.00138. The lowest BCUT2D eigenvalue weighted by atomic mass is 10.0. The predicted molar refractivity (Wildman–Crippen MR) is 108 cm³/mol. The average Bonchev–Trinajstić information content (AvgIpc) is 3.24. The van der Waals surface area contributed by atoms with Crippen LogP contribution in [0.15, 0.2) is 35.9 Å². The van der Waals surface area contributed by atoms with Crippen molar-refractivity contribution in [2.24, 2.45) is 0 Å². The van der Waals surface area contributed by atoms with Crippen molar-refractivity contribution in [2.45, 2.75) is 0 Å². The first-order valence-corrected chi connectivity index (χ1v) is 9.05. The normalized spacial score (nSPS) is 16.2. The molecular formula is C20H15N3O9. The standard InChI is InChI=1S/C20H15N3O9/c1-29-15-8-16(30-2)13(23(27)28)6-10(15)5-12-18(24)21-20(26)22(19(12)25)11-3-4-14-17(7-11)32-9-31-14/h3-8H,9H2,1-2H3,(H,21,24,26)/b12-5+. The summed E-state index contributed by atoms with van der Waals surface area (Å²) in [6, 6.07) is 5.81. The highest BCUT2D eigenvalue weighted by molar-refractivity contribution is 6.39. The fourth-order valence-corrected chi connectivity index (χ4v) is 3.23. The highest BCUT2D eigenvalue weighted by atomic mass is 16.7. The maximum atomic E-state index is 13.1. The quantitative estimate of drug-likeness (QED) is 0.318. The highest BCUT2D eigenvalue weighted by Gasteiger charge is 2.38. The van der Waals surface area contributed by atoms with Gasteiger partial charge >= 0.3 is 11.7 Å². The summed E-state index contributed by atoms with van der Waals surface area (Å²) in [4.78, 5) is 49.4. The van der Waals surface area contributed by atoms with Crippen molar-refractivity contribution in [2.75, 3.05) is 25.9 Å². The van der Waals surface area contributed by atoms with E-state index in [1.54, 1.807) is 0 Å². The van der Waals surface area contributed by atoms with Crippen LogP contribution in [-0.4, -0.2) is 43.8 Å². The Morgan fingerprint density at radius 3 is 2.47 bits per heavy atom. The van der Waals surface area contributed by atoms with Crippen LogP contribution in [-0.2, 0) is 9.59 Å². The van der Waals surface area contributed by atoms with Gasteiger partial charge in [-0.05, 0) is 18.2 Å². The number of carbonyl (C=O) groups is 3. The Hall–Kier alpha value is -4.61. The van der Waals surface area contributed by atoms with Crippen LogP contribution in [0.4, 0.5) is 16.2 Å². The largest absolute Gasteiger partial charge is 0.496 e. The number of benzene rings is 2. The number of nitro groups is 1. The molecule has 1 fully saturated rings. The second-order valence-corrected chi connectivity index (χ2v) is 6.52. The van der Waals surface area contributed by atoms with Crippen LogP contribution in [0.5, 0.6) is 23.0 Å². The molecule has 1 N–H and O–H groups in total. The Balaban J connectivity index is 1.78. The third-order valence-corrected chi connectivity index (χ3v) is 4.74. The molecular weight excluding hydrogens is 426 g/mol. The number of anilines is 1. The molecule has 0 unspecified atom stereocenters. The summed E-state index contributed by atoms with van der Waals surface area (Å²) in [6.45, 7) is -0.00138. The first-order valence-electron chi connectivity index (χ1n) is 9.05. The van der Waals surface area contributed by atoms with Gasteiger partial charge in [-0.3, -0.25) is 25.0 Å². The highest BCUT2D eigenvalue weighted by Crippen LogP contribution is 2.38. The predicted octanol–water partition coefficient (Wildman–Crippen LogP) is 2.01. The lowest BCUT2D eigenvalue weighted by Crippen LogP contribution is -2.54. The van der Waals surface area contributed by atoms with Gasteiger partial charge in [0.1, 0.15) is 11.3 Å². The van der Waals surface area contributed by atoms with Crippen LogP contribution in [0, 0.1) is 10.1 Å². The Kier molecular flexibility index (Phi) is 5.10. The molecule has 2 aromatic rings. The van der Waals surface area contributed by atoms with E-state index in [4.69, 9.17) is 18.9 Å². The number of hydrogen-bond acceptors (Lipinski definition) is 9. The van der Waals surface area contributed by atoms with E-state index in [0.29, 0.717) is 11.5 Å². The number of hydrogen-bond donors (Lipinski definition) is 1. The topological polar surface area (TPSA) is 147 Å². The molecule has 4 amide bonds. The van der Waals surface area contributed by atoms with Gasteiger partial charge in [0, 0.05) is 23.8 Å². The molecule has 0 aliphatic carbocycles. The maximum Gasteiger partial charge on any atom is 0.335 e. The van der Waals surface area contributed by atoms with Crippen LogP contribution in [0.1, 0.15) is 5.56 Å². The molecule has 164 valence electrons. The number of imide groups is 2. The lowest BCUT2D eigenvalue weighted by molar-refractivity contribution is -0.385. The number of fused-ring (bicyclic) bond motifs is 1. The second-order valence-electron chi connectivity index (χ2n) is 6.52. The van der Waals surface area contributed by atoms with Crippen molar-refractivity contribution in [3.05, 3.63) is 51.6 Å². The number of nitrogens with one attached hydrogen (secondary N) is 1. The van der Waals surface area contributed by atoms with E-state index >= 15 is 0 Å². The van der Waals surface area contributed by atoms with Gasteiger partial charge in [0.25, 0.3) is 11.8 Å². The smallest absolute Gasteiger partial charge is 0.335 e. The van der Waals surface area contributed by atoms with Gasteiger partial charge in [-0.1, -0.05) is 0 Å². The number of carbonyl (C=O) groups excluding carboxylic acids is 3. The Bertz CT molecular complexity index is 1210. The van der Waals surface area contributed by atoms with Gasteiger partial charge in [-0.15, -0.1) is 0 Å². The molecule has 0 aromatic heterocycles. The van der Waals surface area contributed by atoms with Gasteiger partial charge < -0.3 is 18.9 Å². The molecule has 32 heavy (non-hydrogen) atoms. The summed E-state index contributed by atoms with van der Waals surface area (Å²) in [5.41, 5.74) is -0.617. The second kappa shape index (κ2) is 7.91. The molecule has 0 saturated carbocycles. The van der Waals surface area contributed by atoms with E-state index in [9.17, 15) is 24.5 Å². The van der Waals surface area contributed by atoms with Crippen molar-refractivity contribution in [3.8, 4) is 23.0 Å². The van der Waals surface area contributed by atoms with Crippen molar-refractivity contribution in [1.82, 2.24) is 5.32 Å². The number of nitro benzene ring substituents is 1. The minimum Gasteiger partial charge on any atom is -0.496 e. The number of barbiturate groups is 1. The van der Waals surface area contributed by atoms with E-state index in [1.807, 2.05) is 0 Å². The summed E-state index contributed by atoms with van der Waals surface area (Å²) in [5.74, 6) is -1.06. The summed E-state index contributed by atoms with van der Waals surface area (Å²) in [5, 5.41) is 13.5. The zero-order chi connectivity index (χ0) is 23.0. The van der Waals surface area contributed by atoms with Crippen molar-refractivity contribution in [3.63, 3.8) is 0 Å². The van der Waals surface area contributed by atoms with E-state index in [1.165, 1.54) is 38.5 Å². The summed E-state index contributed by atoms with van der Waals surface area (Å²) >= 11 is 0. The molecule has 0 spiro atoms. The van der Waals surface area contributed by atoms with Gasteiger partial charge in [0.15, 0.2) is 11.5 Å². The summed E-state index contributed by atoms with van der Waals surface area (Å²) in [6.07, 6.45) is 1.11. The van der Waals surface area contributed by atoms with Gasteiger partial charge in [0.05, 0.1) is 24.8 Å². The Labute approximate surface area is 180 Å². The van der Waals surface area contributed by atoms with E-state index < -0.39 is 34.0 Å². The molecule has 2 aliphatic heterocycles. The number of amides is 4. The molecule has 0 atom stereocenters. The third kappa shape index (κ3) is 3.43. The molecule has 2 aromatic carbocycles. The van der Waals surface area contributed by atoms with Crippen molar-refractivity contribution in [1.29, 1.82) is 0 Å². The molecule has 0 radical (unpaired) electrons. The minimum atomic E-state index is -0.961. The van der Waals surface area contributed by atoms with E-state index in [0.717, 1.165) is 17.0 Å². The van der Waals surface area contributed by atoms with Crippen molar-refractivity contribution >= 4 is 35.3 Å². The van der Waals surface area contributed by atoms with Crippen LogP contribution >= 0.6 is 0 Å². The zero-order valence-corrected chi connectivity index (χ0v) is 16.7. The fourth-order valence-electron chi connectivity index (χ4n) is 3.23. The molecule has 12 heteroatoms. The van der Waals surface area contributed by atoms with Gasteiger partial charge in [-0.2, -0.15) is 0 Å². The summed E-state index contributed by atoms with van der Waals surface area (Å²) in [7, 11) is 2.57. The number of ether oxygens (including phenoxy) is 4. The lowest BCUT2D eigenvalue weighted by Gasteiger charge is -2.26. The van der Waals surface area contributed by atoms with Gasteiger partial charge in [0.2, 0.25) is 12.5 Å². The first-order chi connectivity index (χ1) is 15.3. The Morgan fingerprint density at radius 2 is 1.78 bits per heavy atom. The fraction of sp³-hybridized carbons (Fsp3) is 0.150. The molecule has 2 aliphatic rings. The maximum absolute atomic E-state index is 13.1. The molecule has 12 nitrogen and oxygen atoms in total. The molecule has 2 heterocycles. The van der Waals surface area contributed by atoms with Crippen molar-refractivity contribution < 1.29 is 38.3 Å². The SMILES string of the molecule is COc1cc(OC)c([N+](=O)[O-])cc1/C=C1\C(=O)NC(=O)N(c2ccc3c(c2)OCO3)C1=O. The number of methoxy groups -OCH3 is 2. The number of urea groups is 1. The average molecular weight is 441 g/mol. The summed E-state index contributed by atoms with van der Waals surface area (Å²) < 4.78 is 20.7. The third-order valence-electron chi connectivity index (χ3n) is 4.74. The molecule has 4 rings (SSSR count). The van der Waals surface area contributed by atoms with Crippen LogP contribution < -0.4 is 29.2 Å². The number of nitrogens with zero attached hydrogens (tertiary/aromatic N) is 2. The Morgan fingerprint density at radius 1 is 1.06 bits per heavy atom. The molecule has 0 bridgehead atoms. The van der Waals surface area contributed by atoms with Crippen LogP contribution in [0.2, 0.25) is 0 Å². The van der Waals surface area contributed by atoms with E-state index in [2.05, 4.69) is 5.32 Å².